The van der Waals surface area contributed by atoms with E-state index in [4.69, 9.17) is 9.84 Å². The fraction of sp³-hybridized carbons (Fsp3) is 0.611. The predicted molar refractivity (Wildman–Crippen MR) is 92.2 cm³/mol. The summed E-state index contributed by atoms with van der Waals surface area (Å²) in [5.41, 5.74) is 3.99. The van der Waals surface area contributed by atoms with Crippen molar-refractivity contribution < 1.29 is 9.53 Å². The van der Waals surface area contributed by atoms with Crippen LogP contribution in [0.15, 0.2) is 12.4 Å². The zero-order valence-corrected chi connectivity index (χ0v) is 15.2. The van der Waals surface area contributed by atoms with Gasteiger partial charge in [0.2, 0.25) is 0 Å². The Morgan fingerprint density at radius 3 is 2.50 bits per heavy atom. The first kappa shape index (κ1) is 16.7. The van der Waals surface area contributed by atoms with Crippen LogP contribution in [0.5, 0.6) is 0 Å². The van der Waals surface area contributed by atoms with E-state index in [0.717, 1.165) is 24.2 Å². The summed E-state index contributed by atoms with van der Waals surface area (Å²) in [4.78, 5) is 18.4. The number of aryl methyl sites for hydroxylation is 1. The minimum Gasteiger partial charge on any atom is -0.444 e. The summed E-state index contributed by atoms with van der Waals surface area (Å²) in [5.74, 6) is 0.370. The van der Waals surface area contributed by atoms with Crippen molar-refractivity contribution in [2.45, 2.75) is 59.0 Å². The molecule has 6 nitrogen and oxygen atoms in total. The van der Waals surface area contributed by atoms with Gasteiger partial charge in [-0.1, -0.05) is 0 Å². The van der Waals surface area contributed by atoms with E-state index in [2.05, 4.69) is 18.8 Å². The van der Waals surface area contributed by atoms with Crippen LogP contribution >= 0.6 is 0 Å². The van der Waals surface area contributed by atoms with E-state index in [1.165, 1.54) is 11.1 Å². The maximum absolute atomic E-state index is 12.2. The number of fused-ring (bicyclic) bond motifs is 1. The van der Waals surface area contributed by atoms with Crippen molar-refractivity contribution in [1.82, 2.24) is 19.5 Å². The summed E-state index contributed by atoms with van der Waals surface area (Å²) in [6.45, 7) is 11.3. The fourth-order valence-electron chi connectivity index (χ4n) is 3.25. The lowest BCUT2D eigenvalue weighted by atomic mass is 9.90. The Morgan fingerprint density at radius 2 is 1.88 bits per heavy atom. The molecule has 3 rings (SSSR count). The number of hydrogen-bond donors (Lipinski definition) is 0. The number of amides is 1. The second-order valence-corrected chi connectivity index (χ2v) is 7.57. The minimum atomic E-state index is -0.449. The molecule has 2 aromatic heterocycles. The van der Waals surface area contributed by atoms with Gasteiger partial charge in [-0.3, -0.25) is 0 Å². The third-order valence-electron chi connectivity index (χ3n) is 4.65. The van der Waals surface area contributed by atoms with Gasteiger partial charge >= 0.3 is 6.09 Å². The molecule has 130 valence electrons. The molecule has 0 bridgehead atoms. The van der Waals surface area contributed by atoms with Crippen molar-refractivity contribution in [2.24, 2.45) is 0 Å². The lowest BCUT2D eigenvalue weighted by Gasteiger charge is -2.33. The first-order valence-corrected chi connectivity index (χ1v) is 8.54. The number of nitrogens with zero attached hydrogens (tertiary/aromatic N) is 4. The van der Waals surface area contributed by atoms with Gasteiger partial charge in [-0.05, 0) is 58.6 Å². The van der Waals surface area contributed by atoms with Gasteiger partial charge in [-0.15, -0.1) is 0 Å². The molecule has 6 heteroatoms. The number of carbonyl (C=O) groups excluding carboxylic acids is 1. The van der Waals surface area contributed by atoms with Crippen LogP contribution in [-0.4, -0.2) is 44.3 Å². The van der Waals surface area contributed by atoms with E-state index < -0.39 is 5.60 Å². The van der Waals surface area contributed by atoms with E-state index >= 15 is 0 Å². The Kier molecular flexibility index (Phi) is 4.24. The largest absolute Gasteiger partial charge is 0.444 e. The number of likely N-dealkylation sites (tertiary alicyclic amines) is 1. The number of rotatable bonds is 1. The topological polar surface area (TPSA) is 59.7 Å². The standard InChI is InChI=1S/C18H26N4O2/c1-12-13(2)16-19-8-11-22(16)20-15(12)14-6-9-21(10-7-14)17(23)24-18(3,4)5/h8,11,14H,6-7,9-10H2,1-5H3. The number of imidazole rings is 1. The molecule has 0 N–H and O–H groups in total. The number of piperidine rings is 1. The lowest BCUT2D eigenvalue weighted by molar-refractivity contribution is 0.0203. The van der Waals surface area contributed by atoms with Crippen LogP contribution in [0.4, 0.5) is 4.79 Å². The summed E-state index contributed by atoms with van der Waals surface area (Å²) in [6, 6.07) is 0. The molecule has 0 radical (unpaired) electrons. The van der Waals surface area contributed by atoms with E-state index in [1.807, 2.05) is 31.5 Å². The molecule has 1 amide bonds. The third-order valence-corrected chi connectivity index (χ3v) is 4.65. The van der Waals surface area contributed by atoms with Crippen LogP contribution in [0.3, 0.4) is 0 Å². The monoisotopic (exact) mass is 330 g/mol. The van der Waals surface area contributed by atoms with Crippen LogP contribution < -0.4 is 0 Å². The molecule has 1 aliphatic rings. The SMILES string of the molecule is Cc1c(C2CCN(C(=O)OC(C)(C)C)CC2)nn2ccnc2c1C. The van der Waals surface area contributed by atoms with Gasteiger partial charge in [0, 0.05) is 31.4 Å². The van der Waals surface area contributed by atoms with Crippen molar-refractivity contribution in [1.29, 1.82) is 0 Å². The van der Waals surface area contributed by atoms with Gasteiger partial charge < -0.3 is 9.64 Å². The molecule has 0 spiro atoms. The van der Waals surface area contributed by atoms with E-state index in [9.17, 15) is 4.79 Å². The first-order valence-electron chi connectivity index (χ1n) is 8.54. The Hall–Kier alpha value is -2.11. The van der Waals surface area contributed by atoms with Gasteiger partial charge in [0.15, 0.2) is 5.65 Å². The molecule has 0 aliphatic carbocycles. The average molecular weight is 330 g/mol. The number of aromatic nitrogens is 3. The van der Waals surface area contributed by atoms with Crippen LogP contribution in [-0.2, 0) is 4.74 Å². The van der Waals surface area contributed by atoms with Crippen molar-refractivity contribution in [3.05, 3.63) is 29.2 Å². The molecule has 0 atom stereocenters. The maximum atomic E-state index is 12.2. The maximum Gasteiger partial charge on any atom is 0.410 e. The highest BCUT2D eigenvalue weighted by molar-refractivity contribution is 5.68. The quantitative estimate of drug-likeness (QED) is 0.803. The fourth-order valence-corrected chi connectivity index (χ4v) is 3.25. The molecule has 24 heavy (non-hydrogen) atoms. The van der Waals surface area contributed by atoms with Gasteiger partial charge in [-0.2, -0.15) is 5.10 Å². The molecule has 0 unspecified atom stereocenters. The molecule has 2 aromatic rings. The summed E-state index contributed by atoms with van der Waals surface area (Å²) < 4.78 is 7.33. The van der Waals surface area contributed by atoms with Crippen molar-refractivity contribution >= 4 is 11.7 Å². The highest BCUT2D eigenvalue weighted by Crippen LogP contribution is 2.31. The molecular formula is C18H26N4O2. The number of carbonyl (C=O) groups is 1. The van der Waals surface area contributed by atoms with Crippen LogP contribution in [0, 0.1) is 13.8 Å². The van der Waals surface area contributed by atoms with Crippen molar-refractivity contribution in [3.8, 4) is 0 Å². The molecule has 0 aromatic carbocycles. The van der Waals surface area contributed by atoms with Crippen LogP contribution in [0.25, 0.3) is 5.65 Å². The smallest absolute Gasteiger partial charge is 0.410 e. The molecule has 0 saturated carbocycles. The minimum absolute atomic E-state index is 0.216. The lowest BCUT2D eigenvalue weighted by Crippen LogP contribution is -2.41. The third kappa shape index (κ3) is 3.23. The molecule has 1 aliphatic heterocycles. The highest BCUT2D eigenvalue weighted by Gasteiger charge is 2.29. The van der Waals surface area contributed by atoms with E-state index in [1.54, 1.807) is 11.1 Å². The summed E-state index contributed by atoms with van der Waals surface area (Å²) in [5, 5.41) is 4.77. The second kappa shape index (κ2) is 6.07. The molecule has 3 heterocycles. The molecule has 1 saturated heterocycles. The summed E-state index contributed by atoms with van der Waals surface area (Å²) in [6.07, 6.45) is 5.27. The summed E-state index contributed by atoms with van der Waals surface area (Å²) >= 11 is 0. The summed E-state index contributed by atoms with van der Waals surface area (Å²) in [7, 11) is 0. The zero-order chi connectivity index (χ0) is 17.5. The normalized spacial score (nSPS) is 16.6. The Labute approximate surface area is 142 Å². The predicted octanol–water partition coefficient (Wildman–Crippen LogP) is 3.46. The van der Waals surface area contributed by atoms with Crippen molar-refractivity contribution in [2.75, 3.05) is 13.1 Å². The Balaban J connectivity index is 1.73. The highest BCUT2D eigenvalue weighted by atomic mass is 16.6. The van der Waals surface area contributed by atoms with Gasteiger partial charge in [0.1, 0.15) is 5.60 Å². The van der Waals surface area contributed by atoms with E-state index in [0.29, 0.717) is 19.0 Å². The first-order chi connectivity index (χ1) is 11.3. The van der Waals surface area contributed by atoms with Gasteiger partial charge in [0.05, 0.1) is 5.69 Å². The number of ether oxygens (including phenoxy) is 1. The Morgan fingerprint density at radius 1 is 1.21 bits per heavy atom. The average Bonchev–Trinajstić information content (AvgIpc) is 2.98. The molecule has 1 fully saturated rings. The van der Waals surface area contributed by atoms with Crippen LogP contribution in [0.2, 0.25) is 0 Å². The zero-order valence-electron chi connectivity index (χ0n) is 15.2. The second-order valence-electron chi connectivity index (χ2n) is 7.57. The van der Waals surface area contributed by atoms with Crippen LogP contribution in [0.1, 0.15) is 56.4 Å². The van der Waals surface area contributed by atoms with Gasteiger partial charge in [0.25, 0.3) is 0 Å². The Bertz CT molecular complexity index is 752. The van der Waals surface area contributed by atoms with Crippen molar-refractivity contribution in [3.63, 3.8) is 0 Å². The van der Waals surface area contributed by atoms with E-state index in [-0.39, 0.29) is 6.09 Å². The molecular weight excluding hydrogens is 304 g/mol. The van der Waals surface area contributed by atoms with Gasteiger partial charge in [-0.25, -0.2) is 14.3 Å². The number of hydrogen-bond acceptors (Lipinski definition) is 4.